The van der Waals surface area contributed by atoms with Gasteiger partial charge in [0, 0.05) is 6.42 Å². The van der Waals surface area contributed by atoms with Crippen molar-refractivity contribution in [2.75, 3.05) is 0 Å². The van der Waals surface area contributed by atoms with Crippen molar-refractivity contribution in [3.63, 3.8) is 0 Å². The molecule has 0 aliphatic heterocycles. The largest absolute Gasteiger partial charge is 0.382 e. The average molecular weight is 272 g/mol. The summed E-state index contributed by atoms with van der Waals surface area (Å²) in [6, 6.07) is 0. The summed E-state index contributed by atoms with van der Waals surface area (Å²) >= 11 is 0. The first-order valence-electron chi connectivity index (χ1n) is 7.27. The smallest absolute Gasteiger partial charge is 0.336 e. The van der Waals surface area contributed by atoms with Gasteiger partial charge in [0.15, 0.2) is 0 Å². The van der Waals surface area contributed by atoms with Crippen molar-refractivity contribution >= 4 is 0 Å². The van der Waals surface area contributed by atoms with E-state index in [0.29, 0.717) is 12.8 Å². The predicted octanol–water partition coefficient (Wildman–Crippen LogP) is 4.70. The molecule has 19 heavy (non-hydrogen) atoms. The Balaban J connectivity index is 4.06. The minimum atomic E-state index is -3.34. The fourth-order valence-corrected chi connectivity index (χ4v) is 1.56. The molecule has 0 aliphatic rings. The van der Waals surface area contributed by atoms with Gasteiger partial charge in [-0.25, -0.2) is 0 Å². The van der Waals surface area contributed by atoms with E-state index in [4.69, 9.17) is 0 Å². The minimum Gasteiger partial charge on any atom is -0.382 e. The lowest BCUT2D eigenvalue weighted by molar-refractivity contribution is -0.0368. The molecular formula is C16H26F2O. The molecule has 0 spiro atoms. The zero-order valence-corrected chi connectivity index (χ0v) is 12.1. The van der Waals surface area contributed by atoms with Crippen LogP contribution in [-0.4, -0.2) is 17.1 Å². The highest BCUT2D eigenvalue weighted by molar-refractivity contribution is 5.15. The van der Waals surface area contributed by atoms with Gasteiger partial charge in [0.05, 0.1) is 0 Å². The van der Waals surface area contributed by atoms with Gasteiger partial charge in [0.1, 0.15) is 6.10 Å². The third-order valence-electron chi connectivity index (χ3n) is 2.82. The van der Waals surface area contributed by atoms with E-state index < -0.39 is 12.0 Å². The number of halogens is 2. The number of unbranched alkanes of at least 4 members (excludes halogenated alkanes) is 6. The molecule has 0 radical (unpaired) electrons. The Bertz CT molecular complexity index is 300. The van der Waals surface area contributed by atoms with Crippen LogP contribution in [0.1, 0.15) is 65.2 Å². The van der Waals surface area contributed by atoms with E-state index >= 15 is 0 Å². The molecule has 0 heterocycles. The monoisotopic (exact) mass is 272 g/mol. The molecule has 1 nitrogen and oxygen atoms in total. The second-order valence-corrected chi connectivity index (χ2v) is 4.75. The van der Waals surface area contributed by atoms with Gasteiger partial charge in [-0.15, -0.1) is 0 Å². The Labute approximate surface area is 116 Å². The van der Waals surface area contributed by atoms with Crippen LogP contribution in [0.25, 0.3) is 0 Å². The highest BCUT2D eigenvalue weighted by Crippen LogP contribution is 2.19. The van der Waals surface area contributed by atoms with E-state index in [1.807, 2.05) is 12.8 Å². The number of aliphatic hydroxyl groups is 1. The lowest BCUT2D eigenvalue weighted by Gasteiger charge is -2.13. The van der Waals surface area contributed by atoms with Crippen LogP contribution in [0.3, 0.4) is 0 Å². The van der Waals surface area contributed by atoms with Gasteiger partial charge in [-0.3, -0.25) is 0 Å². The molecule has 0 aromatic rings. The van der Waals surface area contributed by atoms with Crippen LogP contribution in [0.5, 0.6) is 0 Å². The van der Waals surface area contributed by atoms with Gasteiger partial charge in [0.2, 0.25) is 0 Å². The molecule has 0 saturated carbocycles. The highest BCUT2D eigenvalue weighted by Gasteiger charge is 2.34. The van der Waals surface area contributed by atoms with Crippen LogP contribution in [0, 0.1) is 11.8 Å². The summed E-state index contributed by atoms with van der Waals surface area (Å²) in [7, 11) is 0. The molecule has 0 rings (SSSR count). The Kier molecular flexibility index (Phi) is 10.5. The number of alkyl halides is 2. The Morgan fingerprint density at radius 1 is 1.11 bits per heavy atom. The van der Waals surface area contributed by atoms with Gasteiger partial charge in [0.25, 0.3) is 0 Å². The second kappa shape index (κ2) is 11.0. The molecule has 1 N–H and O–H groups in total. The molecule has 0 saturated heterocycles. The van der Waals surface area contributed by atoms with E-state index in [-0.39, 0.29) is 0 Å². The zero-order chi connectivity index (χ0) is 14.6. The maximum atomic E-state index is 13.4. The lowest BCUT2D eigenvalue weighted by Crippen LogP contribution is -2.29. The molecule has 0 aromatic heterocycles. The van der Waals surface area contributed by atoms with Gasteiger partial charge in [-0.05, 0) is 18.8 Å². The summed E-state index contributed by atoms with van der Waals surface area (Å²) in [6.07, 6.45) is 8.20. The van der Waals surface area contributed by atoms with Crippen LogP contribution in [0.4, 0.5) is 8.78 Å². The Morgan fingerprint density at radius 2 is 1.79 bits per heavy atom. The van der Waals surface area contributed by atoms with Crippen LogP contribution in [-0.2, 0) is 0 Å². The summed E-state index contributed by atoms with van der Waals surface area (Å²) in [5.74, 6) is 1.03. The number of hydrogen-bond acceptors (Lipinski definition) is 1. The Morgan fingerprint density at radius 3 is 2.42 bits per heavy atom. The van der Waals surface area contributed by atoms with Crippen molar-refractivity contribution in [3.05, 3.63) is 12.2 Å². The summed E-state index contributed by atoms with van der Waals surface area (Å²) in [5.41, 5.74) is 0. The molecule has 0 amide bonds. The molecule has 1 unspecified atom stereocenters. The third kappa shape index (κ3) is 9.67. The summed E-state index contributed by atoms with van der Waals surface area (Å²) in [6.45, 7) is 4.13. The van der Waals surface area contributed by atoms with Crippen molar-refractivity contribution in [3.8, 4) is 11.8 Å². The van der Waals surface area contributed by atoms with Crippen LogP contribution < -0.4 is 0 Å². The standard InChI is InChI=1S/C16H26F2O/c1-3-5-7-9-10-12-14-16(17,18)15(19)13-11-8-6-4-2/h11,13,15,19H,3-10H2,1-2H3/b13-11+. The first kappa shape index (κ1) is 18.1. The molecule has 3 heteroatoms. The van der Waals surface area contributed by atoms with Crippen LogP contribution in [0.2, 0.25) is 0 Å². The van der Waals surface area contributed by atoms with Gasteiger partial charge in [-0.1, -0.05) is 64.0 Å². The molecule has 0 aromatic carbocycles. The maximum absolute atomic E-state index is 13.4. The third-order valence-corrected chi connectivity index (χ3v) is 2.82. The van der Waals surface area contributed by atoms with Crippen LogP contribution in [0.15, 0.2) is 12.2 Å². The fraction of sp³-hybridized carbons (Fsp3) is 0.750. The fourth-order valence-electron chi connectivity index (χ4n) is 1.56. The van der Waals surface area contributed by atoms with Crippen molar-refractivity contribution in [1.82, 2.24) is 0 Å². The normalized spacial score (nSPS) is 13.3. The van der Waals surface area contributed by atoms with E-state index in [0.717, 1.165) is 44.6 Å². The Hall–Kier alpha value is -0.880. The molecule has 0 aliphatic carbocycles. The lowest BCUT2D eigenvalue weighted by atomic mass is 10.1. The second-order valence-electron chi connectivity index (χ2n) is 4.75. The molecule has 0 bridgehead atoms. The zero-order valence-electron chi connectivity index (χ0n) is 12.1. The van der Waals surface area contributed by atoms with E-state index in [1.165, 1.54) is 0 Å². The van der Waals surface area contributed by atoms with Crippen molar-refractivity contribution in [2.45, 2.75) is 77.2 Å². The summed E-state index contributed by atoms with van der Waals surface area (Å²) in [5, 5.41) is 9.38. The van der Waals surface area contributed by atoms with Crippen molar-refractivity contribution < 1.29 is 13.9 Å². The first-order valence-corrected chi connectivity index (χ1v) is 7.27. The van der Waals surface area contributed by atoms with E-state index in [9.17, 15) is 13.9 Å². The number of allylic oxidation sites excluding steroid dienone is 1. The number of aliphatic hydroxyl groups excluding tert-OH is 1. The number of rotatable bonds is 9. The van der Waals surface area contributed by atoms with Gasteiger partial charge >= 0.3 is 5.92 Å². The first-order chi connectivity index (χ1) is 9.04. The van der Waals surface area contributed by atoms with Crippen LogP contribution >= 0.6 is 0 Å². The highest BCUT2D eigenvalue weighted by atomic mass is 19.3. The van der Waals surface area contributed by atoms with Gasteiger partial charge in [-0.2, -0.15) is 8.78 Å². The SMILES string of the molecule is CCCC/C=C/C(O)C(F)(F)C#CCCCCCC. The molecular weight excluding hydrogens is 246 g/mol. The summed E-state index contributed by atoms with van der Waals surface area (Å²) in [4.78, 5) is 0. The summed E-state index contributed by atoms with van der Waals surface area (Å²) < 4.78 is 26.9. The molecule has 1 atom stereocenters. The quantitative estimate of drug-likeness (QED) is 0.366. The molecule has 110 valence electrons. The van der Waals surface area contributed by atoms with E-state index in [2.05, 4.69) is 12.8 Å². The minimum absolute atomic E-state index is 0.474. The molecule has 0 fully saturated rings. The van der Waals surface area contributed by atoms with Crippen molar-refractivity contribution in [1.29, 1.82) is 0 Å². The number of hydrogen-bond donors (Lipinski definition) is 1. The average Bonchev–Trinajstić information content (AvgIpc) is 2.38. The maximum Gasteiger partial charge on any atom is 0.336 e. The predicted molar refractivity (Wildman–Crippen MR) is 76.2 cm³/mol. The van der Waals surface area contributed by atoms with Gasteiger partial charge < -0.3 is 5.11 Å². The topological polar surface area (TPSA) is 20.2 Å². The van der Waals surface area contributed by atoms with Crippen molar-refractivity contribution in [2.24, 2.45) is 0 Å². The van der Waals surface area contributed by atoms with E-state index in [1.54, 1.807) is 6.08 Å².